The van der Waals surface area contributed by atoms with E-state index in [0.29, 0.717) is 5.69 Å². The van der Waals surface area contributed by atoms with Crippen molar-refractivity contribution in [2.45, 2.75) is 32.3 Å². The van der Waals surface area contributed by atoms with Gasteiger partial charge in [-0.25, -0.2) is 9.59 Å². The van der Waals surface area contributed by atoms with Crippen molar-refractivity contribution in [3.05, 3.63) is 52.8 Å². The van der Waals surface area contributed by atoms with Gasteiger partial charge in [0.15, 0.2) is 0 Å². The number of amides is 1. The molecule has 23 heavy (non-hydrogen) atoms. The molecule has 0 spiro atoms. The van der Waals surface area contributed by atoms with Crippen LogP contribution >= 0.6 is 0 Å². The molecule has 6 nitrogen and oxygen atoms in total. The number of aromatic carboxylic acids is 1. The number of anilines is 1. The summed E-state index contributed by atoms with van der Waals surface area (Å²) in [6.45, 7) is 0.141. The molecule has 0 atom stereocenters. The molecule has 1 aliphatic carbocycles. The van der Waals surface area contributed by atoms with Gasteiger partial charge in [0.25, 0.3) is 0 Å². The molecule has 1 aromatic heterocycles. The highest BCUT2D eigenvalue weighted by atomic mass is 16.5. The number of benzene rings is 1. The van der Waals surface area contributed by atoms with E-state index in [1.165, 1.54) is 0 Å². The molecular formula is C17H18N2O4. The largest absolute Gasteiger partial charge is 0.477 e. The van der Waals surface area contributed by atoms with Crippen LogP contribution in [0.5, 0.6) is 0 Å². The highest BCUT2D eigenvalue weighted by Gasteiger charge is 2.25. The maximum atomic E-state index is 12.0. The molecule has 1 heterocycles. The number of aromatic nitrogens is 1. The number of carbonyl (C=O) groups is 2. The van der Waals surface area contributed by atoms with Crippen LogP contribution in [-0.4, -0.2) is 22.2 Å². The number of rotatable bonds is 4. The molecule has 1 aromatic carbocycles. The Morgan fingerprint density at radius 2 is 1.91 bits per heavy atom. The minimum atomic E-state index is -1.09. The SMILES string of the molecule is O=C(Nc1c(C(=O)O)[nH]c2c1CCCC2)OCc1ccccc1. The average Bonchev–Trinajstić information content (AvgIpc) is 2.93. The summed E-state index contributed by atoms with van der Waals surface area (Å²) >= 11 is 0. The number of hydrogen-bond donors (Lipinski definition) is 3. The first-order valence-corrected chi connectivity index (χ1v) is 7.60. The zero-order valence-corrected chi connectivity index (χ0v) is 12.6. The Morgan fingerprint density at radius 1 is 1.17 bits per heavy atom. The lowest BCUT2D eigenvalue weighted by molar-refractivity contribution is 0.0692. The van der Waals surface area contributed by atoms with Crippen molar-refractivity contribution < 1.29 is 19.4 Å². The lowest BCUT2D eigenvalue weighted by Crippen LogP contribution is -2.16. The number of hydrogen-bond acceptors (Lipinski definition) is 3. The van der Waals surface area contributed by atoms with Crippen molar-refractivity contribution in [2.24, 2.45) is 0 Å². The van der Waals surface area contributed by atoms with Gasteiger partial charge in [-0.2, -0.15) is 0 Å². The number of carboxylic acid groups (broad SMARTS) is 1. The number of fused-ring (bicyclic) bond motifs is 1. The molecule has 3 N–H and O–H groups in total. The van der Waals surface area contributed by atoms with Gasteiger partial charge in [-0.15, -0.1) is 0 Å². The lowest BCUT2D eigenvalue weighted by Gasteiger charge is -2.13. The Kier molecular flexibility index (Phi) is 4.32. The average molecular weight is 314 g/mol. The minimum absolute atomic E-state index is 0.0218. The van der Waals surface area contributed by atoms with Crippen molar-refractivity contribution in [3.8, 4) is 0 Å². The molecular weight excluding hydrogens is 296 g/mol. The van der Waals surface area contributed by atoms with Crippen LogP contribution in [-0.2, 0) is 24.2 Å². The van der Waals surface area contributed by atoms with Gasteiger partial charge in [0.05, 0.1) is 5.69 Å². The number of carboxylic acids is 1. The van der Waals surface area contributed by atoms with Gasteiger partial charge in [0.2, 0.25) is 0 Å². The highest BCUT2D eigenvalue weighted by Crippen LogP contribution is 2.31. The van der Waals surface area contributed by atoms with Crippen LogP contribution in [0.4, 0.5) is 10.5 Å². The summed E-state index contributed by atoms with van der Waals surface area (Å²) in [6, 6.07) is 9.32. The number of ether oxygens (including phenoxy) is 1. The summed E-state index contributed by atoms with van der Waals surface area (Å²) in [7, 11) is 0. The van der Waals surface area contributed by atoms with Crippen molar-refractivity contribution in [2.75, 3.05) is 5.32 Å². The molecule has 2 aromatic rings. The van der Waals surface area contributed by atoms with Crippen LogP contribution in [0.3, 0.4) is 0 Å². The summed E-state index contributed by atoms with van der Waals surface area (Å²) in [5.41, 5.74) is 3.01. The number of carbonyl (C=O) groups excluding carboxylic acids is 1. The van der Waals surface area contributed by atoms with Crippen molar-refractivity contribution in [1.29, 1.82) is 0 Å². The standard InChI is InChI=1S/C17H18N2O4/c20-16(21)15-14(12-8-4-5-9-13(12)18-15)19-17(22)23-10-11-6-2-1-3-7-11/h1-3,6-7,18H,4-5,8-10H2,(H,19,22)(H,20,21). The van der Waals surface area contributed by atoms with Gasteiger partial charge >= 0.3 is 12.1 Å². The first kappa shape index (κ1) is 15.1. The monoisotopic (exact) mass is 314 g/mol. The summed E-state index contributed by atoms with van der Waals surface area (Å²) < 4.78 is 5.17. The van der Waals surface area contributed by atoms with Crippen molar-refractivity contribution in [3.63, 3.8) is 0 Å². The van der Waals surface area contributed by atoms with E-state index in [1.807, 2.05) is 30.3 Å². The number of aromatic amines is 1. The van der Waals surface area contributed by atoms with Crippen LogP contribution in [0.15, 0.2) is 30.3 Å². The van der Waals surface area contributed by atoms with Gasteiger partial charge in [-0.1, -0.05) is 30.3 Å². The summed E-state index contributed by atoms with van der Waals surface area (Å²) in [5, 5.41) is 11.9. The van der Waals surface area contributed by atoms with E-state index < -0.39 is 12.1 Å². The third kappa shape index (κ3) is 3.36. The number of aryl methyl sites for hydroxylation is 1. The fourth-order valence-corrected chi connectivity index (χ4v) is 2.84. The Morgan fingerprint density at radius 3 is 2.65 bits per heavy atom. The maximum Gasteiger partial charge on any atom is 0.412 e. The zero-order valence-electron chi connectivity index (χ0n) is 12.6. The lowest BCUT2D eigenvalue weighted by atomic mass is 9.97. The zero-order chi connectivity index (χ0) is 16.2. The van der Waals surface area contributed by atoms with Crippen molar-refractivity contribution in [1.82, 2.24) is 4.98 Å². The van der Waals surface area contributed by atoms with Gasteiger partial charge in [-0.3, -0.25) is 5.32 Å². The molecule has 0 saturated heterocycles. The van der Waals surface area contributed by atoms with Crippen LogP contribution in [0.2, 0.25) is 0 Å². The molecule has 0 fully saturated rings. The predicted octanol–water partition coefficient (Wildman–Crippen LogP) is 3.34. The Bertz CT molecular complexity index is 722. The molecule has 1 amide bonds. The number of H-pyrrole nitrogens is 1. The molecule has 0 aliphatic heterocycles. The predicted molar refractivity (Wildman–Crippen MR) is 84.6 cm³/mol. The van der Waals surface area contributed by atoms with E-state index in [9.17, 15) is 14.7 Å². The summed E-state index contributed by atoms with van der Waals surface area (Å²) in [4.78, 5) is 26.3. The number of nitrogens with one attached hydrogen (secondary N) is 2. The summed E-state index contributed by atoms with van der Waals surface area (Å²) in [5.74, 6) is -1.09. The quantitative estimate of drug-likeness (QED) is 0.807. The van der Waals surface area contributed by atoms with Gasteiger partial charge < -0.3 is 14.8 Å². The molecule has 0 radical (unpaired) electrons. The van der Waals surface area contributed by atoms with E-state index in [2.05, 4.69) is 10.3 Å². The molecule has 0 unspecified atom stereocenters. The Labute approximate surface area is 133 Å². The maximum absolute atomic E-state index is 12.0. The smallest absolute Gasteiger partial charge is 0.412 e. The first-order chi connectivity index (χ1) is 11.1. The van der Waals surface area contributed by atoms with Crippen LogP contribution in [0.1, 0.15) is 40.2 Å². The minimum Gasteiger partial charge on any atom is -0.477 e. The summed E-state index contributed by atoms with van der Waals surface area (Å²) in [6.07, 6.45) is 2.91. The van der Waals surface area contributed by atoms with Gasteiger partial charge in [-0.05, 0) is 36.8 Å². The molecule has 1 aliphatic rings. The third-order valence-corrected chi connectivity index (χ3v) is 3.95. The second-order valence-electron chi connectivity index (χ2n) is 5.53. The van der Waals surface area contributed by atoms with Crippen molar-refractivity contribution >= 4 is 17.7 Å². The topological polar surface area (TPSA) is 91.4 Å². The van der Waals surface area contributed by atoms with E-state index in [4.69, 9.17) is 4.74 Å². The van der Waals surface area contributed by atoms with E-state index in [1.54, 1.807) is 0 Å². The Hall–Kier alpha value is -2.76. The molecule has 0 saturated carbocycles. The Balaban J connectivity index is 1.72. The van der Waals surface area contributed by atoms with Gasteiger partial charge in [0.1, 0.15) is 12.3 Å². The van der Waals surface area contributed by atoms with Gasteiger partial charge in [0, 0.05) is 5.69 Å². The second-order valence-corrected chi connectivity index (χ2v) is 5.53. The molecule has 3 rings (SSSR count). The molecule has 0 bridgehead atoms. The van der Waals surface area contributed by atoms with E-state index in [0.717, 1.165) is 42.5 Å². The van der Waals surface area contributed by atoms with Crippen LogP contribution < -0.4 is 5.32 Å². The van der Waals surface area contributed by atoms with Crippen LogP contribution in [0.25, 0.3) is 0 Å². The van der Waals surface area contributed by atoms with Crippen LogP contribution in [0, 0.1) is 0 Å². The second kappa shape index (κ2) is 6.56. The fourth-order valence-electron chi connectivity index (χ4n) is 2.84. The van der Waals surface area contributed by atoms with E-state index in [-0.39, 0.29) is 12.3 Å². The highest BCUT2D eigenvalue weighted by molar-refractivity contribution is 5.99. The molecule has 6 heteroatoms. The fraction of sp³-hybridized carbons (Fsp3) is 0.294. The first-order valence-electron chi connectivity index (χ1n) is 7.60. The molecule has 120 valence electrons. The normalized spacial score (nSPS) is 13.2. The third-order valence-electron chi connectivity index (χ3n) is 3.95. The van der Waals surface area contributed by atoms with E-state index >= 15 is 0 Å².